The molecule has 2 heterocycles. The van der Waals surface area contributed by atoms with Crippen molar-refractivity contribution in [2.24, 2.45) is 0 Å². The van der Waals surface area contributed by atoms with E-state index < -0.39 is 5.60 Å². The number of aromatic nitrogens is 1. The van der Waals surface area contributed by atoms with Crippen molar-refractivity contribution in [1.29, 1.82) is 0 Å². The fourth-order valence-electron chi connectivity index (χ4n) is 2.88. The number of ether oxygens (including phenoxy) is 1. The second kappa shape index (κ2) is 5.88. The molecule has 1 aliphatic carbocycles. The Labute approximate surface area is 132 Å². The zero-order valence-electron chi connectivity index (χ0n) is 13.6. The van der Waals surface area contributed by atoms with Crippen LogP contribution in [0.15, 0.2) is 18.3 Å². The number of amides is 1. The molecule has 120 valence electrons. The van der Waals surface area contributed by atoms with E-state index in [-0.39, 0.29) is 18.2 Å². The van der Waals surface area contributed by atoms with Gasteiger partial charge in [-0.1, -0.05) is 6.07 Å². The minimum Gasteiger partial charge on any atom is -0.443 e. The van der Waals surface area contributed by atoms with E-state index >= 15 is 0 Å². The summed E-state index contributed by atoms with van der Waals surface area (Å²) in [5, 5.41) is 3.50. The van der Waals surface area contributed by atoms with Crippen molar-refractivity contribution < 1.29 is 9.53 Å². The molecular formula is C17H25N3O2. The van der Waals surface area contributed by atoms with Crippen LogP contribution in [0, 0.1) is 0 Å². The Morgan fingerprint density at radius 1 is 1.36 bits per heavy atom. The number of anilines is 1. The van der Waals surface area contributed by atoms with Crippen LogP contribution >= 0.6 is 0 Å². The third-order valence-electron chi connectivity index (χ3n) is 3.98. The predicted octanol–water partition coefficient (Wildman–Crippen LogP) is 3.41. The van der Waals surface area contributed by atoms with E-state index in [4.69, 9.17) is 4.74 Å². The SMILES string of the molecule is CC(C)(C)OC(=O)N(c1ncccc1[C@@H]1CCCN1)C1CC1. The van der Waals surface area contributed by atoms with Crippen LogP contribution in [-0.4, -0.2) is 29.3 Å². The summed E-state index contributed by atoms with van der Waals surface area (Å²) in [6.07, 6.45) is 5.77. The summed E-state index contributed by atoms with van der Waals surface area (Å²) in [5.41, 5.74) is 0.614. The number of nitrogens with one attached hydrogen (secondary N) is 1. The molecule has 5 heteroatoms. The first-order chi connectivity index (χ1) is 10.5. The molecule has 0 spiro atoms. The zero-order valence-corrected chi connectivity index (χ0v) is 13.6. The minimum absolute atomic E-state index is 0.227. The first-order valence-corrected chi connectivity index (χ1v) is 8.16. The molecule has 3 rings (SSSR count). The Balaban J connectivity index is 1.90. The molecule has 1 aromatic heterocycles. The van der Waals surface area contributed by atoms with Gasteiger partial charge >= 0.3 is 6.09 Å². The number of pyridine rings is 1. The molecule has 1 saturated heterocycles. The van der Waals surface area contributed by atoms with Crippen LogP contribution in [0.25, 0.3) is 0 Å². The average Bonchev–Trinajstić information content (AvgIpc) is 3.11. The van der Waals surface area contributed by atoms with Crippen molar-refractivity contribution in [2.75, 3.05) is 11.4 Å². The van der Waals surface area contributed by atoms with Crippen LogP contribution in [0.1, 0.15) is 58.1 Å². The monoisotopic (exact) mass is 303 g/mol. The number of carbonyl (C=O) groups is 1. The van der Waals surface area contributed by atoms with Crippen LogP contribution in [-0.2, 0) is 4.74 Å². The Morgan fingerprint density at radius 3 is 2.73 bits per heavy atom. The quantitative estimate of drug-likeness (QED) is 0.929. The van der Waals surface area contributed by atoms with E-state index in [1.54, 1.807) is 11.1 Å². The van der Waals surface area contributed by atoms with Crippen molar-refractivity contribution in [2.45, 2.75) is 64.1 Å². The fraction of sp³-hybridized carbons (Fsp3) is 0.647. The summed E-state index contributed by atoms with van der Waals surface area (Å²) in [6, 6.07) is 4.53. The van der Waals surface area contributed by atoms with Crippen LogP contribution in [0.2, 0.25) is 0 Å². The van der Waals surface area contributed by atoms with E-state index in [1.165, 1.54) is 0 Å². The molecule has 1 aliphatic heterocycles. The Hall–Kier alpha value is -1.62. The molecule has 2 fully saturated rings. The van der Waals surface area contributed by atoms with Gasteiger partial charge in [0.1, 0.15) is 11.4 Å². The van der Waals surface area contributed by atoms with Crippen LogP contribution in [0.4, 0.5) is 10.6 Å². The first kappa shape index (κ1) is 15.3. The van der Waals surface area contributed by atoms with Gasteiger partial charge in [-0.2, -0.15) is 0 Å². The molecule has 1 aromatic rings. The van der Waals surface area contributed by atoms with Crippen LogP contribution in [0.3, 0.4) is 0 Å². The number of nitrogens with zero attached hydrogens (tertiary/aromatic N) is 2. The van der Waals surface area contributed by atoms with Crippen molar-refractivity contribution >= 4 is 11.9 Å². The molecule has 5 nitrogen and oxygen atoms in total. The third kappa shape index (κ3) is 3.40. The summed E-state index contributed by atoms with van der Waals surface area (Å²) in [7, 11) is 0. The third-order valence-corrected chi connectivity index (χ3v) is 3.98. The highest BCUT2D eigenvalue weighted by Gasteiger charge is 2.39. The van der Waals surface area contributed by atoms with Gasteiger partial charge in [0, 0.05) is 23.8 Å². The molecule has 2 aliphatic rings. The zero-order chi connectivity index (χ0) is 15.7. The van der Waals surface area contributed by atoms with Gasteiger partial charge in [-0.05, 0) is 59.1 Å². The van der Waals surface area contributed by atoms with Crippen molar-refractivity contribution in [3.63, 3.8) is 0 Å². The number of carbonyl (C=O) groups excluding carboxylic acids is 1. The summed E-state index contributed by atoms with van der Waals surface area (Å²) in [5.74, 6) is 0.763. The number of hydrogen-bond acceptors (Lipinski definition) is 4. The van der Waals surface area contributed by atoms with Crippen molar-refractivity contribution in [3.8, 4) is 0 Å². The predicted molar refractivity (Wildman–Crippen MR) is 85.9 cm³/mol. The van der Waals surface area contributed by atoms with Crippen molar-refractivity contribution in [1.82, 2.24) is 10.3 Å². The van der Waals surface area contributed by atoms with Gasteiger partial charge in [0.15, 0.2) is 0 Å². The molecule has 0 aromatic carbocycles. The highest BCUT2D eigenvalue weighted by atomic mass is 16.6. The van der Waals surface area contributed by atoms with Crippen LogP contribution < -0.4 is 10.2 Å². The summed E-state index contributed by atoms with van der Waals surface area (Å²) >= 11 is 0. The second-order valence-corrected chi connectivity index (χ2v) is 7.15. The average molecular weight is 303 g/mol. The molecule has 0 unspecified atom stereocenters. The largest absolute Gasteiger partial charge is 0.443 e. The van der Waals surface area contributed by atoms with Gasteiger partial charge in [0.2, 0.25) is 0 Å². The minimum atomic E-state index is -0.495. The number of hydrogen-bond donors (Lipinski definition) is 1. The Morgan fingerprint density at radius 2 is 2.14 bits per heavy atom. The maximum Gasteiger partial charge on any atom is 0.416 e. The molecule has 1 amide bonds. The standard InChI is InChI=1S/C17H25N3O2/c1-17(2,3)22-16(21)20(12-8-9-12)15-13(6-4-11-19-15)14-7-5-10-18-14/h4,6,11-12,14,18H,5,7-10H2,1-3H3/t14-/m0/s1. The molecule has 1 N–H and O–H groups in total. The van der Waals surface area contributed by atoms with Gasteiger partial charge in [0.25, 0.3) is 0 Å². The molecular weight excluding hydrogens is 278 g/mol. The summed E-state index contributed by atoms with van der Waals surface area (Å²) in [6.45, 7) is 6.71. The smallest absolute Gasteiger partial charge is 0.416 e. The lowest BCUT2D eigenvalue weighted by atomic mass is 10.1. The van der Waals surface area contributed by atoms with Gasteiger partial charge in [-0.25, -0.2) is 9.78 Å². The van der Waals surface area contributed by atoms with E-state index in [1.807, 2.05) is 26.8 Å². The Kier molecular flexibility index (Phi) is 4.08. The first-order valence-electron chi connectivity index (χ1n) is 8.16. The van der Waals surface area contributed by atoms with Crippen molar-refractivity contribution in [3.05, 3.63) is 23.9 Å². The van der Waals surface area contributed by atoms with E-state index in [0.29, 0.717) is 0 Å². The lowest BCUT2D eigenvalue weighted by molar-refractivity contribution is 0.0576. The molecule has 0 bridgehead atoms. The lowest BCUT2D eigenvalue weighted by Gasteiger charge is -2.29. The maximum atomic E-state index is 12.7. The van der Waals surface area contributed by atoms with E-state index in [0.717, 1.165) is 43.6 Å². The van der Waals surface area contributed by atoms with Gasteiger partial charge in [-0.3, -0.25) is 4.90 Å². The van der Waals surface area contributed by atoms with Gasteiger partial charge in [0.05, 0.1) is 0 Å². The van der Waals surface area contributed by atoms with Gasteiger partial charge in [-0.15, -0.1) is 0 Å². The normalized spacial score (nSPS) is 21.7. The van der Waals surface area contributed by atoms with Gasteiger partial charge < -0.3 is 10.1 Å². The second-order valence-electron chi connectivity index (χ2n) is 7.15. The maximum absolute atomic E-state index is 12.7. The number of rotatable bonds is 3. The highest BCUT2D eigenvalue weighted by molar-refractivity contribution is 5.89. The summed E-state index contributed by atoms with van der Waals surface area (Å²) < 4.78 is 5.60. The Bertz CT molecular complexity index is 543. The highest BCUT2D eigenvalue weighted by Crippen LogP contribution is 2.37. The molecule has 0 radical (unpaired) electrons. The van der Waals surface area contributed by atoms with Crippen LogP contribution in [0.5, 0.6) is 0 Å². The summed E-state index contributed by atoms with van der Waals surface area (Å²) in [4.78, 5) is 18.9. The molecule has 1 saturated carbocycles. The fourth-order valence-corrected chi connectivity index (χ4v) is 2.88. The van der Waals surface area contributed by atoms with E-state index in [2.05, 4.69) is 16.4 Å². The molecule has 1 atom stereocenters. The molecule has 22 heavy (non-hydrogen) atoms. The topological polar surface area (TPSA) is 54.5 Å². The lowest BCUT2D eigenvalue weighted by Crippen LogP contribution is -2.39. The van der Waals surface area contributed by atoms with E-state index in [9.17, 15) is 4.79 Å².